The van der Waals surface area contributed by atoms with Crippen molar-refractivity contribution in [1.82, 2.24) is 4.90 Å². The summed E-state index contributed by atoms with van der Waals surface area (Å²) < 4.78 is 0. The van der Waals surface area contributed by atoms with Crippen LogP contribution in [0.3, 0.4) is 0 Å². The van der Waals surface area contributed by atoms with Gasteiger partial charge in [-0.2, -0.15) is 0 Å². The summed E-state index contributed by atoms with van der Waals surface area (Å²) in [6.45, 7) is 14.4. The van der Waals surface area contributed by atoms with Crippen molar-refractivity contribution in [2.24, 2.45) is 17.1 Å². The van der Waals surface area contributed by atoms with Gasteiger partial charge in [0.1, 0.15) is 0 Å². The number of amidine groups is 1. The Balaban J connectivity index is 4.05. The molecule has 0 unspecified atom stereocenters. The molecule has 0 aromatic heterocycles. The number of hydrogen-bond acceptors (Lipinski definition) is 2. The lowest BCUT2D eigenvalue weighted by atomic mass is 9.86. The van der Waals surface area contributed by atoms with Crippen LogP contribution < -0.4 is 5.73 Å². The van der Waals surface area contributed by atoms with Crippen molar-refractivity contribution in [3.63, 3.8) is 0 Å². The molecule has 0 amide bonds. The molecule has 0 aliphatic carbocycles. The molecule has 0 aromatic carbocycles. The van der Waals surface area contributed by atoms with E-state index in [0.29, 0.717) is 5.84 Å². The molecule has 0 aliphatic rings. The number of nitrogens with zero attached hydrogens (tertiary/aromatic N) is 1. The Morgan fingerprint density at radius 3 is 2.17 bits per heavy atom. The van der Waals surface area contributed by atoms with Gasteiger partial charge in [0.2, 0.25) is 0 Å². The van der Waals surface area contributed by atoms with E-state index in [1.807, 2.05) is 0 Å². The first-order valence-electron chi connectivity index (χ1n) is 7.44. The van der Waals surface area contributed by atoms with Crippen LogP contribution in [-0.4, -0.2) is 30.4 Å². The van der Waals surface area contributed by atoms with E-state index in [1.165, 1.54) is 19.4 Å². The molecule has 0 saturated carbocycles. The van der Waals surface area contributed by atoms with Gasteiger partial charge in [0.15, 0.2) is 0 Å². The normalized spacial score (nSPS) is 12.4. The Labute approximate surface area is 114 Å². The lowest BCUT2D eigenvalue weighted by Gasteiger charge is -2.28. The largest absolute Gasteiger partial charge is 0.387 e. The summed E-state index contributed by atoms with van der Waals surface area (Å²) in [6.07, 6.45) is 4.67. The Kier molecular flexibility index (Phi) is 8.25. The Morgan fingerprint density at radius 1 is 1.22 bits per heavy atom. The van der Waals surface area contributed by atoms with Crippen LogP contribution in [0, 0.1) is 16.7 Å². The van der Waals surface area contributed by atoms with E-state index in [1.54, 1.807) is 0 Å². The lowest BCUT2D eigenvalue weighted by Crippen LogP contribution is -2.34. The minimum absolute atomic E-state index is 0.145. The first-order chi connectivity index (χ1) is 8.37. The molecule has 0 rings (SSSR count). The molecule has 0 atom stereocenters. The fourth-order valence-corrected chi connectivity index (χ4v) is 2.17. The summed E-state index contributed by atoms with van der Waals surface area (Å²) in [5, 5.41) is 7.56. The average molecular weight is 255 g/mol. The zero-order valence-electron chi connectivity index (χ0n) is 13.1. The maximum absolute atomic E-state index is 7.56. The van der Waals surface area contributed by atoms with Crippen LogP contribution in [0.1, 0.15) is 60.3 Å². The third-order valence-electron chi connectivity index (χ3n) is 4.12. The minimum atomic E-state index is -0.145. The van der Waals surface area contributed by atoms with E-state index in [0.717, 1.165) is 31.8 Å². The molecule has 0 saturated heterocycles. The summed E-state index contributed by atoms with van der Waals surface area (Å²) in [5.74, 6) is 1.14. The lowest BCUT2D eigenvalue weighted by molar-refractivity contribution is 0.223. The molecule has 18 heavy (non-hydrogen) atoms. The SMILES string of the molecule is CCC(CC)CN(CC)CCCC(C)(C)C(=N)N. The third kappa shape index (κ3) is 6.39. The number of hydrogen-bond donors (Lipinski definition) is 2. The number of nitrogens with two attached hydrogens (primary N) is 1. The molecule has 0 aliphatic heterocycles. The predicted octanol–water partition coefficient (Wildman–Crippen LogP) is 3.49. The summed E-state index contributed by atoms with van der Waals surface area (Å²) in [4.78, 5) is 2.54. The monoisotopic (exact) mass is 255 g/mol. The second-order valence-corrected chi connectivity index (χ2v) is 5.98. The van der Waals surface area contributed by atoms with Crippen molar-refractivity contribution in [1.29, 1.82) is 5.41 Å². The molecule has 0 spiro atoms. The molecule has 0 bridgehead atoms. The maximum Gasteiger partial charge on any atom is 0.0963 e. The van der Waals surface area contributed by atoms with E-state index in [4.69, 9.17) is 11.1 Å². The molecule has 0 radical (unpaired) electrons. The van der Waals surface area contributed by atoms with E-state index >= 15 is 0 Å². The summed E-state index contributed by atoms with van der Waals surface area (Å²) in [7, 11) is 0. The second-order valence-electron chi connectivity index (χ2n) is 5.98. The number of nitrogens with one attached hydrogen (secondary N) is 1. The van der Waals surface area contributed by atoms with Crippen molar-refractivity contribution >= 4 is 5.84 Å². The van der Waals surface area contributed by atoms with Crippen LogP contribution in [0.5, 0.6) is 0 Å². The molecule has 3 N–H and O–H groups in total. The molecule has 108 valence electrons. The molecule has 0 fully saturated rings. The summed E-state index contributed by atoms with van der Waals surface area (Å²) in [5.41, 5.74) is 5.47. The highest BCUT2D eigenvalue weighted by atomic mass is 15.1. The minimum Gasteiger partial charge on any atom is -0.387 e. The first-order valence-corrected chi connectivity index (χ1v) is 7.44. The quantitative estimate of drug-likeness (QED) is 0.464. The Hall–Kier alpha value is -0.570. The molecule has 0 aromatic rings. The zero-order valence-corrected chi connectivity index (χ0v) is 13.1. The predicted molar refractivity (Wildman–Crippen MR) is 81.1 cm³/mol. The van der Waals surface area contributed by atoms with E-state index in [-0.39, 0.29) is 5.41 Å². The standard InChI is InChI=1S/C15H33N3/c1-6-13(7-2)12-18(8-3)11-9-10-15(4,5)14(16)17/h13H,6-12H2,1-5H3,(H3,16,17). The molecule has 3 heteroatoms. The van der Waals surface area contributed by atoms with E-state index in [2.05, 4.69) is 39.5 Å². The van der Waals surface area contributed by atoms with Crippen LogP contribution in [0.25, 0.3) is 0 Å². The maximum atomic E-state index is 7.56. The van der Waals surface area contributed by atoms with Crippen LogP contribution in [-0.2, 0) is 0 Å². The Morgan fingerprint density at radius 2 is 1.78 bits per heavy atom. The van der Waals surface area contributed by atoms with E-state index < -0.39 is 0 Å². The van der Waals surface area contributed by atoms with Crippen LogP contribution in [0.2, 0.25) is 0 Å². The highest BCUT2D eigenvalue weighted by Gasteiger charge is 2.21. The highest BCUT2D eigenvalue weighted by molar-refractivity contribution is 5.82. The molecular formula is C15H33N3. The highest BCUT2D eigenvalue weighted by Crippen LogP contribution is 2.22. The average Bonchev–Trinajstić information content (AvgIpc) is 2.33. The van der Waals surface area contributed by atoms with Gasteiger partial charge in [0.25, 0.3) is 0 Å². The molecule has 0 heterocycles. The van der Waals surface area contributed by atoms with Crippen molar-refractivity contribution in [3.05, 3.63) is 0 Å². The zero-order chi connectivity index (χ0) is 14.2. The van der Waals surface area contributed by atoms with Crippen molar-refractivity contribution in [2.45, 2.75) is 60.3 Å². The smallest absolute Gasteiger partial charge is 0.0963 e. The summed E-state index contributed by atoms with van der Waals surface area (Å²) in [6, 6.07) is 0. The summed E-state index contributed by atoms with van der Waals surface area (Å²) >= 11 is 0. The van der Waals surface area contributed by atoms with Gasteiger partial charge >= 0.3 is 0 Å². The van der Waals surface area contributed by atoms with Gasteiger partial charge in [0.05, 0.1) is 5.84 Å². The van der Waals surface area contributed by atoms with Crippen LogP contribution in [0.4, 0.5) is 0 Å². The second kappa shape index (κ2) is 8.52. The van der Waals surface area contributed by atoms with Crippen LogP contribution >= 0.6 is 0 Å². The van der Waals surface area contributed by atoms with Gasteiger partial charge in [-0.1, -0.05) is 47.5 Å². The van der Waals surface area contributed by atoms with Crippen molar-refractivity contribution in [2.75, 3.05) is 19.6 Å². The van der Waals surface area contributed by atoms with Crippen molar-refractivity contribution in [3.8, 4) is 0 Å². The molecular weight excluding hydrogens is 222 g/mol. The number of rotatable bonds is 10. The van der Waals surface area contributed by atoms with Gasteiger partial charge in [0, 0.05) is 12.0 Å². The topological polar surface area (TPSA) is 53.1 Å². The van der Waals surface area contributed by atoms with Gasteiger partial charge < -0.3 is 10.6 Å². The first kappa shape index (κ1) is 17.4. The van der Waals surface area contributed by atoms with Gasteiger partial charge in [-0.3, -0.25) is 5.41 Å². The third-order valence-corrected chi connectivity index (χ3v) is 4.12. The van der Waals surface area contributed by atoms with Crippen LogP contribution in [0.15, 0.2) is 0 Å². The molecule has 3 nitrogen and oxygen atoms in total. The van der Waals surface area contributed by atoms with Gasteiger partial charge in [-0.05, 0) is 31.8 Å². The fourth-order valence-electron chi connectivity index (χ4n) is 2.17. The fraction of sp³-hybridized carbons (Fsp3) is 0.933. The van der Waals surface area contributed by atoms with Gasteiger partial charge in [-0.25, -0.2) is 0 Å². The van der Waals surface area contributed by atoms with E-state index in [9.17, 15) is 0 Å². The van der Waals surface area contributed by atoms with Crippen molar-refractivity contribution < 1.29 is 0 Å². The van der Waals surface area contributed by atoms with Gasteiger partial charge in [-0.15, -0.1) is 0 Å². The Bertz CT molecular complexity index is 232.